The Morgan fingerprint density at radius 2 is 2.06 bits per heavy atom. The molecule has 1 aromatic carbocycles. The summed E-state index contributed by atoms with van der Waals surface area (Å²) in [6.07, 6.45) is 3.19. The highest BCUT2D eigenvalue weighted by Gasteiger charge is 2.13. The average molecular weight is 242 g/mol. The normalized spacial score (nSPS) is 10.9. The van der Waals surface area contributed by atoms with Crippen molar-refractivity contribution in [1.29, 1.82) is 0 Å². The molecule has 0 bridgehead atoms. The summed E-state index contributed by atoms with van der Waals surface area (Å²) >= 11 is 0. The largest absolute Gasteiger partial charge is 0.482 e. The first kappa shape index (κ1) is 10.7. The Kier molecular flexibility index (Phi) is 2.41. The van der Waals surface area contributed by atoms with Crippen molar-refractivity contribution >= 4 is 21.9 Å². The summed E-state index contributed by atoms with van der Waals surface area (Å²) in [6, 6.07) is 6.80. The molecule has 0 saturated carbocycles. The molecule has 18 heavy (non-hydrogen) atoms. The predicted molar refractivity (Wildman–Crippen MR) is 67.9 cm³/mol. The van der Waals surface area contributed by atoms with Crippen molar-refractivity contribution in [3.63, 3.8) is 0 Å². The molecule has 0 fully saturated rings. The van der Waals surface area contributed by atoms with Crippen LogP contribution in [-0.2, 0) is 0 Å². The van der Waals surface area contributed by atoms with Crippen molar-refractivity contribution in [3.05, 3.63) is 53.6 Å². The van der Waals surface area contributed by atoms with E-state index in [-0.39, 0.29) is 0 Å². The second kappa shape index (κ2) is 4.07. The smallest absolute Gasteiger partial charge is 0.336 e. The maximum atomic E-state index is 11.3. The molecule has 0 atom stereocenters. The van der Waals surface area contributed by atoms with E-state index in [1.807, 2.05) is 12.1 Å². The van der Waals surface area contributed by atoms with Crippen LogP contribution in [0.2, 0.25) is 0 Å². The summed E-state index contributed by atoms with van der Waals surface area (Å²) in [6.45, 7) is 3.91. The van der Waals surface area contributed by atoms with Gasteiger partial charge in [-0.3, -0.25) is 0 Å². The van der Waals surface area contributed by atoms with Gasteiger partial charge < -0.3 is 13.6 Å². The van der Waals surface area contributed by atoms with E-state index in [1.54, 1.807) is 18.4 Å². The summed E-state index contributed by atoms with van der Waals surface area (Å²) in [5.74, 6) is 0.435. The summed E-state index contributed by atoms with van der Waals surface area (Å²) in [5, 5.41) is 1.69. The first-order valence-electron chi connectivity index (χ1n) is 5.47. The van der Waals surface area contributed by atoms with Crippen LogP contribution < -0.4 is 10.4 Å². The Morgan fingerprint density at radius 3 is 2.89 bits per heavy atom. The van der Waals surface area contributed by atoms with E-state index >= 15 is 0 Å². The van der Waals surface area contributed by atoms with E-state index in [9.17, 15) is 4.79 Å². The van der Waals surface area contributed by atoms with Crippen LogP contribution in [0.3, 0.4) is 0 Å². The third-order valence-electron chi connectivity index (χ3n) is 2.63. The van der Waals surface area contributed by atoms with Crippen molar-refractivity contribution < 1.29 is 13.6 Å². The van der Waals surface area contributed by atoms with Gasteiger partial charge in [0.25, 0.3) is 0 Å². The lowest BCUT2D eigenvalue weighted by Crippen LogP contribution is -1.99. The third kappa shape index (κ3) is 1.59. The number of rotatable bonds is 3. The number of hydrogen-bond acceptors (Lipinski definition) is 4. The van der Waals surface area contributed by atoms with Crippen molar-refractivity contribution in [2.24, 2.45) is 0 Å². The number of benzene rings is 1. The van der Waals surface area contributed by atoms with Crippen LogP contribution in [-0.4, -0.2) is 6.61 Å². The molecule has 0 unspecified atom stereocenters. The molecule has 0 N–H and O–H groups in total. The fourth-order valence-corrected chi connectivity index (χ4v) is 1.88. The number of ether oxygens (including phenoxy) is 1. The van der Waals surface area contributed by atoms with Gasteiger partial charge in [0, 0.05) is 16.8 Å². The Morgan fingerprint density at radius 1 is 1.22 bits per heavy atom. The van der Waals surface area contributed by atoms with Gasteiger partial charge in [-0.1, -0.05) is 12.7 Å². The lowest BCUT2D eigenvalue weighted by molar-refractivity contribution is 0.357. The van der Waals surface area contributed by atoms with Gasteiger partial charge in [0.1, 0.15) is 6.61 Å². The van der Waals surface area contributed by atoms with Crippen molar-refractivity contribution in [3.8, 4) is 5.75 Å². The second-order valence-corrected chi connectivity index (χ2v) is 3.82. The monoisotopic (exact) mass is 242 g/mol. The zero-order chi connectivity index (χ0) is 12.5. The van der Waals surface area contributed by atoms with E-state index in [4.69, 9.17) is 13.6 Å². The minimum Gasteiger partial charge on any atom is -0.482 e. The highest BCUT2D eigenvalue weighted by atomic mass is 16.5. The van der Waals surface area contributed by atoms with Gasteiger partial charge in [-0.25, -0.2) is 4.79 Å². The Bertz CT molecular complexity index is 779. The lowest BCUT2D eigenvalue weighted by atomic mass is 10.1. The fourth-order valence-electron chi connectivity index (χ4n) is 1.88. The number of fused-ring (bicyclic) bond motifs is 2. The van der Waals surface area contributed by atoms with Gasteiger partial charge in [0.15, 0.2) is 11.2 Å². The first-order chi connectivity index (χ1) is 8.79. The summed E-state index contributed by atoms with van der Waals surface area (Å²) < 4.78 is 16.1. The molecule has 2 aromatic heterocycles. The Labute approximate surface area is 102 Å². The molecule has 4 heteroatoms. The molecule has 0 aliphatic rings. The topological polar surface area (TPSA) is 52.6 Å². The SMILES string of the molecule is C=CCOc1c2occc2cc2ccc(=O)oc12. The Hall–Kier alpha value is -2.49. The molecular formula is C14H10O4. The zero-order valence-corrected chi connectivity index (χ0v) is 9.51. The highest BCUT2D eigenvalue weighted by molar-refractivity contribution is 5.99. The molecule has 3 aromatic rings. The second-order valence-electron chi connectivity index (χ2n) is 3.82. The van der Waals surface area contributed by atoms with Crippen LogP contribution in [0.25, 0.3) is 21.9 Å². The van der Waals surface area contributed by atoms with Gasteiger partial charge in [-0.15, -0.1) is 0 Å². The fraction of sp³-hybridized carbons (Fsp3) is 0.0714. The average Bonchev–Trinajstić information content (AvgIpc) is 2.82. The van der Waals surface area contributed by atoms with Crippen molar-refractivity contribution in [2.45, 2.75) is 0 Å². The summed E-state index contributed by atoms with van der Waals surface area (Å²) in [5.41, 5.74) is 0.544. The van der Waals surface area contributed by atoms with Crippen molar-refractivity contribution in [2.75, 3.05) is 6.61 Å². The van der Waals surface area contributed by atoms with Crippen LogP contribution in [0.5, 0.6) is 5.75 Å². The van der Waals surface area contributed by atoms with E-state index < -0.39 is 5.63 Å². The van der Waals surface area contributed by atoms with Gasteiger partial charge in [-0.05, 0) is 18.2 Å². The van der Waals surface area contributed by atoms with E-state index in [0.29, 0.717) is 23.5 Å². The van der Waals surface area contributed by atoms with Crippen LogP contribution in [0.1, 0.15) is 0 Å². The van der Waals surface area contributed by atoms with E-state index in [1.165, 1.54) is 6.07 Å². The lowest BCUT2D eigenvalue weighted by Gasteiger charge is -2.06. The molecule has 0 aliphatic heterocycles. The van der Waals surface area contributed by atoms with Crippen LogP contribution >= 0.6 is 0 Å². The molecule has 2 heterocycles. The quantitative estimate of drug-likeness (QED) is 0.523. The van der Waals surface area contributed by atoms with Gasteiger partial charge >= 0.3 is 5.63 Å². The van der Waals surface area contributed by atoms with E-state index in [0.717, 1.165) is 10.8 Å². The number of hydrogen-bond donors (Lipinski definition) is 0. The molecule has 0 aliphatic carbocycles. The minimum absolute atomic E-state index is 0.313. The summed E-state index contributed by atoms with van der Waals surface area (Å²) in [7, 11) is 0. The third-order valence-corrected chi connectivity index (χ3v) is 2.63. The molecule has 0 spiro atoms. The van der Waals surface area contributed by atoms with Crippen LogP contribution in [0.4, 0.5) is 0 Å². The first-order valence-corrected chi connectivity index (χ1v) is 5.47. The maximum absolute atomic E-state index is 11.3. The molecule has 3 rings (SSSR count). The maximum Gasteiger partial charge on any atom is 0.336 e. The molecule has 90 valence electrons. The molecule has 0 amide bonds. The van der Waals surface area contributed by atoms with Crippen LogP contribution in [0, 0.1) is 0 Å². The van der Waals surface area contributed by atoms with Gasteiger partial charge in [-0.2, -0.15) is 0 Å². The van der Waals surface area contributed by atoms with Crippen molar-refractivity contribution in [1.82, 2.24) is 0 Å². The van der Waals surface area contributed by atoms with Gasteiger partial charge in [0.05, 0.1) is 6.26 Å². The van der Waals surface area contributed by atoms with Gasteiger partial charge in [0.2, 0.25) is 5.75 Å². The highest BCUT2D eigenvalue weighted by Crippen LogP contribution is 2.34. The van der Waals surface area contributed by atoms with Crippen LogP contribution in [0.15, 0.2) is 56.8 Å². The molecule has 0 radical (unpaired) electrons. The summed E-state index contributed by atoms with van der Waals surface area (Å²) in [4.78, 5) is 11.3. The zero-order valence-electron chi connectivity index (χ0n) is 9.51. The molecular weight excluding hydrogens is 232 g/mol. The minimum atomic E-state index is -0.420. The Balaban J connectivity index is 2.40. The molecule has 0 saturated heterocycles. The number of furan rings is 1. The molecule has 4 nitrogen and oxygen atoms in total. The standard InChI is InChI=1S/C14H10O4/c1-2-6-16-14-12-10(5-7-17-12)8-9-3-4-11(15)18-13(9)14/h2-5,7-8H,1,6H2. The predicted octanol–water partition coefficient (Wildman–Crippen LogP) is 3.10. The van der Waals surface area contributed by atoms with E-state index in [2.05, 4.69) is 6.58 Å².